The number of hydrogen-bond acceptors (Lipinski definition) is 2. The Bertz CT molecular complexity index is 775. The summed E-state index contributed by atoms with van der Waals surface area (Å²) in [6.07, 6.45) is 0.964. The minimum Gasteiger partial charge on any atom is -0.352 e. The van der Waals surface area contributed by atoms with Gasteiger partial charge >= 0.3 is 6.55 Å². The van der Waals surface area contributed by atoms with E-state index in [0.717, 1.165) is 10.9 Å². The van der Waals surface area contributed by atoms with Gasteiger partial charge in [0.1, 0.15) is 0 Å². The fourth-order valence-corrected chi connectivity index (χ4v) is 3.61. The molecule has 1 saturated carbocycles. The number of carbonyl (C=O) groups is 1. The molecule has 1 aliphatic carbocycles. The van der Waals surface area contributed by atoms with Gasteiger partial charge in [0.2, 0.25) is 5.91 Å². The standard InChI is InChI=1S/C17H18BrF2N3O/c1-9-12(10(2)23(22-9)17(19)20)8-16(24)21-15-7-13(15)11-5-3-4-6-14(11)18/h3-6,13,15,17H,7-8H2,1-2H3,(H,21,24)/t13-,15+/m0/s1. The third-order valence-electron chi connectivity index (χ3n) is 4.44. The van der Waals surface area contributed by atoms with Crippen molar-refractivity contribution in [3.63, 3.8) is 0 Å². The minimum absolute atomic E-state index is 0.0730. The Morgan fingerprint density at radius 3 is 2.75 bits per heavy atom. The van der Waals surface area contributed by atoms with Crippen molar-refractivity contribution in [1.29, 1.82) is 0 Å². The van der Waals surface area contributed by atoms with E-state index in [4.69, 9.17) is 0 Å². The minimum atomic E-state index is -2.69. The molecule has 0 spiro atoms. The zero-order valence-corrected chi connectivity index (χ0v) is 15.0. The maximum absolute atomic E-state index is 12.9. The molecule has 1 amide bonds. The van der Waals surface area contributed by atoms with E-state index in [0.29, 0.717) is 27.6 Å². The lowest BCUT2D eigenvalue weighted by molar-refractivity contribution is -0.120. The highest BCUT2D eigenvalue weighted by Crippen LogP contribution is 2.43. The Labute approximate surface area is 147 Å². The van der Waals surface area contributed by atoms with Crippen LogP contribution in [0.25, 0.3) is 0 Å². The molecule has 128 valence electrons. The van der Waals surface area contributed by atoms with Gasteiger partial charge < -0.3 is 5.32 Å². The molecule has 0 unspecified atom stereocenters. The third-order valence-corrected chi connectivity index (χ3v) is 5.16. The van der Waals surface area contributed by atoms with Gasteiger partial charge in [-0.25, -0.2) is 4.68 Å². The van der Waals surface area contributed by atoms with Gasteiger partial charge in [-0.15, -0.1) is 0 Å². The fraction of sp³-hybridized carbons (Fsp3) is 0.412. The Morgan fingerprint density at radius 1 is 1.42 bits per heavy atom. The number of hydrogen-bond donors (Lipinski definition) is 1. The Hall–Kier alpha value is -1.76. The number of alkyl halides is 2. The number of nitrogens with zero attached hydrogens (tertiary/aromatic N) is 2. The number of carbonyl (C=O) groups excluding carboxylic acids is 1. The second kappa shape index (κ2) is 6.63. The van der Waals surface area contributed by atoms with Crippen LogP contribution >= 0.6 is 15.9 Å². The average molecular weight is 398 g/mol. The summed E-state index contributed by atoms with van der Waals surface area (Å²) in [5.41, 5.74) is 2.57. The summed E-state index contributed by atoms with van der Waals surface area (Å²) >= 11 is 3.52. The van der Waals surface area contributed by atoms with E-state index < -0.39 is 6.55 Å². The Balaban J connectivity index is 1.63. The summed E-state index contributed by atoms with van der Waals surface area (Å²) in [5.74, 6) is 0.144. The van der Waals surface area contributed by atoms with Gasteiger partial charge in [0.05, 0.1) is 12.1 Å². The quantitative estimate of drug-likeness (QED) is 0.831. The Kier molecular flexibility index (Phi) is 4.71. The van der Waals surface area contributed by atoms with Gasteiger partial charge in [-0.2, -0.15) is 13.9 Å². The van der Waals surface area contributed by atoms with E-state index >= 15 is 0 Å². The molecule has 2 atom stereocenters. The van der Waals surface area contributed by atoms with Crippen LogP contribution in [0.3, 0.4) is 0 Å². The van der Waals surface area contributed by atoms with Gasteiger partial charge in [-0.05, 0) is 31.9 Å². The van der Waals surface area contributed by atoms with Gasteiger partial charge in [-0.1, -0.05) is 34.1 Å². The smallest absolute Gasteiger partial charge is 0.333 e. The molecular formula is C17H18BrF2N3O. The normalized spacial score (nSPS) is 19.6. The zero-order valence-electron chi connectivity index (χ0n) is 13.4. The highest BCUT2D eigenvalue weighted by atomic mass is 79.9. The molecule has 24 heavy (non-hydrogen) atoms. The first kappa shape index (κ1) is 17.1. The first-order chi connectivity index (χ1) is 11.4. The van der Waals surface area contributed by atoms with E-state index in [1.165, 1.54) is 5.56 Å². The van der Waals surface area contributed by atoms with Crippen LogP contribution < -0.4 is 5.32 Å². The lowest BCUT2D eigenvalue weighted by Crippen LogP contribution is -2.28. The number of halogens is 3. The van der Waals surface area contributed by atoms with Crippen LogP contribution in [0, 0.1) is 13.8 Å². The molecule has 0 aliphatic heterocycles. The summed E-state index contributed by atoms with van der Waals surface area (Å²) in [6, 6.07) is 8.06. The average Bonchev–Trinajstić information content (AvgIpc) is 3.22. The Morgan fingerprint density at radius 2 is 2.12 bits per heavy atom. The summed E-state index contributed by atoms with van der Waals surface area (Å²) in [5, 5.41) is 6.80. The third kappa shape index (κ3) is 3.36. The molecule has 1 aliphatic rings. The van der Waals surface area contributed by atoms with Crippen molar-refractivity contribution in [2.45, 2.75) is 45.2 Å². The van der Waals surface area contributed by atoms with Crippen molar-refractivity contribution in [2.75, 3.05) is 0 Å². The van der Waals surface area contributed by atoms with E-state index in [-0.39, 0.29) is 18.4 Å². The van der Waals surface area contributed by atoms with Crippen molar-refractivity contribution in [3.8, 4) is 0 Å². The first-order valence-electron chi connectivity index (χ1n) is 7.75. The summed E-state index contributed by atoms with van der Waals surface area (Å²) in [6.45, 7) is 0.523. The van der Waals surface area contributed by atoms with Crippen LogP contribution in [0.4, 0.5) is 8.78 Å². The fourth-order valence-electron chi connectivity index (χ4n) is 3.04. The zero-order chi connectivity index (χ0) is 17.4. The largest absolute Gasteiger partial charge is 0.352 e. The van der Waals surface area contributed by atoms with Crippen LogP contribution in [-0.4, -0.2) is 21.7 Å². The highest BCUT2D eigenvalue weighted by molar-refractivity contribution is 9.10. The van der Waals surface area contributed by atoms with E-state index in [1.807, 2.05) is 24.3 Å². The number of nitrogens with one attached hydrogen (secondary N) is 1. The van der Waals surface area contributed by atoms with Gasteiger partial charge in [0.25, 0.3) is 0 Å². The molecule has 0 bridgehead atoms. The number of benzene rings is 1. The maximum atomic E-state index is 12.9. The van der Waals surface area contributed by atoms with Crippen LogP contribution in [-0.2, 0) is 11.2 Å². The molecule has 1 aromatic heterocycles. The number of amides is 1. The monoisotopic (exact) mass is 397 g/mol. The van der Waals surface area contributed by atoms with Gasteiger partial charge in [0.15, 0.2) is 0 Å². The van der Waals surface area contributed by atoms with E-state index in [1.54, 1.807) is 13.8 Å². The SMILES string of the molecule is Cc1nn(C(F)F)c(C)c1CC(=O)N[C@@H]1C[C@H]1c1ccccc1Br. The summed E-state index contributed by atoms with van der Waals surface area (Å²) < 4.78 is 27.4. The topological polar surface area (TPSA) is 46.9 Å². The number of aromatic nitrogens is 2. The molecule has 1 N–H and O–H groups in total. The first-order valence-corrected chi connectivity index (χ1v) is 8.54. The number of aryl methyl sites for hydroxylation is 1. The number of rotatable bonds is 5. The second-order valence-electron chi connectivity index (χ2n) is 6.09. The van der Waals surface area contributed by atoms with Gasteiger partial charge in [0, 0.05) is 27.7 Å². The molecule has 1 aromatic carbocycles. The lowest BCUT2D eigenvalue weighted by Gasteiger charge is -2.07. The van der Waals surface area contributed by atoms with Crippen LogP contribution in [0.2, 0.25) is 0 Å². The molecule has 1 heterocycles. The van der Waals surface area contributed by atoms with Crippen molar-refractivity contribution in [1.82, 2.24) is 15.1 Å². The summed E-state index contributed by atoms with van der Waals surface area (Å²) in [7, 11) is 0. The molecule has 7 heteroatoms. The molecule has 4 nitrogen and oxygen atoms in total. The second-order valence-corrected chi connectivity index (χ2v) is 6.94. The van der Waals surface area contributed by atoms with E-state index in [2.05, 4.69) is 26.3 Å². The maximum Gasteiger partial charge on any atom is 0.333 e. The lowest BCUT2D eigenvalue weighted by atomic mass is 10.1. The van der Waals surface area contributed by atoms with Crippen molar-refractivity contribution >= 4 is 21.8 Å². The molecular weight excluding hydrogens is 380 g/mol. The van der Waals surface area contributed by atoms with Crippen LogP contribution in [0.1, 0.15) is 41.4 Å². The predicted molar refractivity (Wildman–Crippen MR) is 90.1 cm³/mol. The highest BCUT2D eigenvalue weighted by Gasteiger charge is 2.40. The van der Waals surface area contributed by atoms with Crippen molar-refractivity contribution in [2.24, 2.45) is 0 Å². The molecule has 1 fully saturated rings. The van der Waals surface area contributed by atoms with Crippen molar-refractivity contribution < 1.29 is 13.6 Å². The molecule has 0 radical (unpaired) electrons. The van der Waals surface area contributed by atoms with Crippen LogP contribution in [0.5, 0.6) is 0 Å². The summed E-state index contributed by atoms with van der Waals surface area (Å²) in [4.78, 5) is 12.3. The van der Waals surface area contributed by atoms with Gasteiger partial charge in [-0.3, -0.25) is 4.79 Å². The molecule has 0 saturated heterocycles. The predicted octanol–water partition coefficient (Wildman–Crippen LogP) is 3.87. The van der Waals surface area contributed by atoms with E-state index in [9.17, 15) is 13.6 Å². The molecule has 3 rings (SSSR count). The van der Waals surface area contributed by atoms with Crippen LogP contribution in [0.15, 0.2) is 28.7 Å². The van der Waals surface area contributed by atoms with Crippen molar-refractivity contribution in [3.05, 3.63) is 51.3 Å². The molecule has 2 aromatic rings.